The van der Waals surface area contributed by atoms with E-state index in [1.54, 1.807) is 14.2 Å². The molecule has 0 radical (unpaired) electrons. The Bertz CT molecular complexity index is 586. The van der Waals surface area contributed by atoms with Gasteiger partial charge in [-0.15, -0.1) is 0 Å². The van der Waals surface area contributed by atoms with E-state index in [1.807, 2.05) is 12.1 Å². The Kier molecular flexibility index (Phi) is 2.56. The lowest BCUT2D eigenvalue weighted by atomic mass is 9.82. The van der Waals surface area contributed by atoms with Gasteiger partial charge in [-0.3, -0.25) is 0 Å². The smallest absolute Gasteiger partial charge is 0.119 e. The average Bonchev–Trinajstić information content (AvgIpc) is 2.67. The van der Waals surface area contributed by atoms with Crippen LogP contribution in [0.2, 0.25) is 0 Å². The molecule has 2 heteroatoms. The number of benzene rings is 2. The topological polar surface area (TPSA) is 18.5 Å². The lowest BCUT2D eigenvalue weighted by Crippen LogP contribution is -2.15. The zero-order valence-electron chi connectivity index (χ0n) is 11.8. The molecule has 0 bridgehead atoms. The van der Waals surface area contributed by atoms with Gasteiger partial charge in [0.05, 0.1) is 14.2 Å². The SMILES string of the molecule is COc1ccc2c(c1)C(C)(C)c1cc(OC)ccc1-2. The van der Waals surface area contributed by atoms with E-state index in [2.05, 4.69) is 38.1 Å². The Morgan fingerprint density at radius 3 is 1.53 bits per heavy atom. The van der Waals surface area contributed by atoms with Gasteiger partial charge >= 0.3 is 0 Å². The molecule has 0 spiro atoms. The molecule has 19 heavy (non-hydrogen) atoms. The molecule has 0 aliphatic heterocycles. The second-order valence-electron chi connectivity index (χ2n) is 5.45. The van der Waals surface area contributed by atoms with Gasteiger partial charge in [0.1, 0.15) is 11.5 Å². The molecule has 0 N–H and O–H groups in total. The van der Waals surface area contributed by atoms with E-state index in [1.165, 1.54) is 22.3 Å². The van der Waals surface area contributed by atoms with Crippen LogP contribution in [0.4, 0.5) is 0 Å². The van der Waals surface area contributed by atoms with Crippen molar-refractivity contribution < 1.29 is 9.47 Å². The fourth-order valence-corrected chi connectivity index (χ4v) is 2.95. The summed E-state index contributed by atoms with van der Waals surface area (Å²) in [6.07, 6.45) is 0. The Morgan fingerprint density at radius 1 is 0.737 bits per heavy atom. The lowest BCUT2D eigenvalue weighted by molar-refractivity contribution is 0.412. The molecule has 0 fully saturated rings. The monoisotopic (exact) mass is 254 g/mol. The summed E-state index contributed by atoms with van der Waals surface area (Å²) in [5.41, 5.74) is 5.20. The molecular formula is C17H18O2. The quantitative estimate of drug-likeness (QED) is 0.806. The Balaban J connectivity index is 2.26. The summed E-state index contributed by atoms with van der Waals surface area (Å²) in [7, 11) is 3.42. The number of methoxy groups -OCH3 is 2. The standard InChI is InChI=1S/C17H18O2/c1-17(2)15-9-11(18-3)5-7-13(15)14-8-6-12(19-4)10-16(14)17/h5-10H,1-4H3. The first-order valence-electron chi connectivity index (χ1n) is 6.45. The summed E-state index contributed by atoms with van der Waals surface area (Å²) >= 11 is 0. The average molecular weight is 254 g/mol. The number of fused-ring (bicyclic) bond motifs is 3. The third kappa shape index (κ3) is 1.63. The largest absolute Gasteiger partial charge is 0.497 e. The van der Waals surface area contributed by atoms with E-state index in [0.717, 1.165) is 11.5 Å². The van der Waals surface area contributed by atoms with Crippen molar-refractivity contribution >= 4 is 0 Å². The maximum atomic E-state index is 5.35. The van der Waals surface area contributed by atoms with Gasteiger partial charge < -0.3 is 9.47 Å². The molecule has 2 aromatic rings. The summed E-state index contributed by atoms with van der Waals surface area (Å²) in [6.45, 7) is 4.49. The van der Waals surface area contributed by atoms with Gasteiger partial charge in [0, 0.05) is 5.41 Å². The Hall–Kier alpha value is -1.96. The number of hydrogen-bond donors (Lipinski definition) is 0. The van der Waals surface area contributed by atoms with Crippen LogP contribution in [0.5, 0.6) is 11.5 Å². The Morgan fingerprint density at radius 2 is 1.16 bits per heavy atom. The molecule has 3 rings (SSSR count). The van der Waals surface area contributed by atoms with Crippen LogP contribution in [0, 0.1) is 0 Å². The zero-order chi connectivity index (χ0) is 13.6. The molecule has 1 aliphatic carbocycles. The molecule has 0 unspecified atom stereocenters. The molecule has 1 aliphatic rings. The van der Waals surface area contributed by atoms with Crippen LogP contribution in [0.1, 0.15) is 25.0 Å². The first kappa shape index (κ1) is 12.1. The molecule has 0 aromatic heterocycles. The fourth-order valence-electron chi connectivity index (χ4n) is 2.95. The van der Waals surface area contributed by atoms with Crippen LogP contribution in [-0.2, 0) is 5.41 Å². The zero-order valence-corrected chi connectivity index (χ0v) is 11.8. The molecule has 0 atom stereocenters. The van der Waals surface area contributed by atoms with Crippen LogP contribution in [-0.4, -0.2) is 14.2 Å². The molecule has 0 saturated heterocycles. The third-order valence-electron chi connectivity index (χ3n) is 4.09. The van der Waals surface area contributed by atoms with Gasteiger partial charge in [-0.2, -0.15) is 0 Å². The summed E-state index contributed by atoms with van der Waals surface area (Å²) < 4.78 is 10.7. The van der Waals surface area contributed by atoms with Crippen molar-refractivity contribution in [3.8, 4) is 22.6 Å². The maximum Gasteiger partial charge on any atom is 0.119 e. The molecule has 2 nitrogen and oxygen atoms in total. The normalized spacial score (nSPS) is 14.7. The summed E-state index contributed by atoms with van der Waals surface area (Å²) in [5, 5.41) is 0. The molecule has 0 saturated carbocycles. The van der Waals surface area contributed by atoms with Gasteiger partial charge in [0.2, 0.25) is 0 Å². The predicted octanol–water partition coefficient (Wildman–Crippen LogP) is 4.01. The first-order chi connectivity index (χ1) is 9.07. The third-order valence-corrected chi connectivity index (χ3v) is 4.09. The van der Waals surface area contributed by atoms with E-state index in [9.17, 15) is 0 Å². The number of hydrogen-bond acceptors (Lipinski definition) is 2. The van der Waals surface area contributed by atoms with Gasteiger partial charge in [0.25, 0.3) is 0 Å². The van der Waals surface area contributed by atoms with Crippen LogP contribution >= 0.6 is 0 Å². The Labute approximate surface area is 114 Å². The van der Waals surface area contributed by atoms with Crippen molar-refractivity contribution in [3.63, 3.8) is 0 Å². The fraction of sp³-hybridized carbons (Fsp3) is 0.294. The van der Waals surface area contributed by atoms with E-state index < -0.39 is 0 Å². The first-order valence-corrected chi connectivity index (χ1v) is 6.45. The number of ether oxygens (including phenoxy) is 2. The van der Waals surface area contributed by atoms with Crippen molar-refractivity contribution in [2.45, 2.75) is 19.3 Å². The second kappa shape index (κ2) is 4.02. The second-order valence-corrected chi connectivity index (χ2v) is 5.45. The molecule has 98 valence electrons. The molecule has 0 heterocycles. The maximum absolute atomic E-state index is 5.35. The molecular weight excluding hydrogens is 236 g/mol. The van der Waals surface area contributed by atoms with E-state index in [0.29, 0.717) is 0 Å². The van der Waals surface area contributed by atoms with E-state index >= 15 is 0 Å². The van der Waals surface area contributed by atoms with Crippen molar-refractivity contribution in [3.05, 3.63) is 47.5 Å². The van der Waals surface area contributed by atoms with Gasteiger partial charge in [0.15, 0.2) is 0 Å². The predicted molar refractivity (Wildman–Crippen MR) is 77.1 cm³/mol. The van der Waals surface area contributed by atoms with Gasteiger partial charge in [-0.25, -0.2) is 0 Å². The summed E-state index contributed by atoms with van der Waals surface area (Å²) in [4.78, 5) is 0. The summed E-state index contributed by atoms with van der Waals surface area (Å²) in [5.74, 6) is 1.82. The van der Waals surface area contributed by atoms with Crippen molar-refractivity contribution in [1.82, 2.24) is 0 Å². The number of rotatable bonds is 2. The van der Waals surface area contributed by atoms with Gasteiger partial charge in [-0.1, -0.05) is 26.0 Å². The van der Waals surface area contributed by atoms with Crippen LogP contribution in [0.15, 0.2) is 36.4 Å². The van der Waals surface area contributed by atoms with Crippen LogP contribution in [0.3, 0.4) is 0 Å². The van der Waals surface area contributed by atoms with Crippen LogP contribution < -0.4 is 9.47 Å². The van der Waals surface area contributed by atoms with Crippen molar-refractivity contribution in [2.75, 3.05) is 14.2 Å². The highest BCUT2D eigenvalue weighted by Gasteiger charge is 2.35. The van der Waals surface area contributed by atoms with Crippen LogP contribution in [0.25, 0.3) is 11.1 Å². The van der Waals surface area contributed by atoms with Crippen molar-refractivity contribution in [1.29, 1.82) is 0 Å². The van der Waals surface area contributed by atoms with E-state index in [-0.39, 0.29) is 5.41 Å². The highest BCUT2D eigenvalue weighted by Crippen LogP contribution is 2.50. The van der Waals surface area contributed by atoms with Crippen molar-refractivity contribution in [2.24, 2.45) is 0 Å². The minimum Gasteiger partial charge on any atom is -0.497 e. The highest BCUT2D eigenvalue weighted by atomic mass is 16.5. The minimum absolute atomic E-state index is 0.0201. The molecule has 0 amide bonds. The lowest BCUT2D eigenvalue weighted by Gasteiger charge is -2.22. The van der Waals surface area contributed by atoms with E-state index in [4.69, 9.17) is 9.47 Å². The molecule has 2 aromatic carbocycles. The summed E-state index contributed by atoms with van der Waals surface area (Å²) in [6, 6.07) is 12.6. The highest BCUT2D eigenvalue weighted by molar-refractivity contribution is 5.81. The minimum atomic E-state index is -0.0201. The van der Waals surface area contributed by atoms with Gasteiger partial charge in [-0.05, 0) is 46.5 Å².